The van der Waals surface area contributed by atoms with E-state index in [1.165, 1.54) is 18.7 Å². The van der Waals surface area contributed by atoms with Crippen molar-refractivity contribution < 1.29 is 9.13 Å². The summed E-state index contributed by atoms with van der Waals surface area (Å²) >= 11 is 0. The highest BCUT2D eigenvalue weighted by molar-refractivity contribution is 5.30. The smallest absolute Gasteiger partial charge is 0.165 e. The SMILES string of the molecule is COc1ccc(C(C)NCCc2ccncc2)cc1F. The Labute approximate surface area is 118 Å². The van der Waals surface area contributed by atoms with Crippen molar-refractivity contribution in [3.63, 3.8) is 0 Å². The largest absolute Gasteiger partial charge is 0.494 e. The van der Waals surface area contributed by atoms with Gasteiger partial charge in [-0.25, -0.2) is 4.39 Å². The second-order valence-corrected chi connectivity index (χ2v) is 4.68. The average molecular weight is 274 g/mol. The van der Waals surface area contributed by atoms with Crippen molar-refractivity contribution in [3.8, 4) is 5.75 Å². The van der Waals surface area contributed by atoms with Crippen LogP contribution in [0.15, 0.2) is 42.7 Å². The van der Waals surface area contributed by atoms with Crippen molar-refractivity contribution in [2.24, 2.45) is 0 Å². The molecule has 0 fully saturated rings. The highest BCUT2D eigenvalue weighted by atomic mass is 19.1. The summed E-state index contributed by atoms with van der Waals surface area (Å²) in [7, 11) is 1.47. The van der Waals surface area contributed by atoms with E-state index in [1.807, 2.05) is 25.1 Å². The van der Waals surface area contributed by atoms with Gasteiger partial charge in [0.1, 0.15) is 0 Å². The van der Waals surface area contributed by atoms with Gasteiger partial charge >= 0.3 is 0 Å². The summed E-state index contributed by atoms with van der Waals surface area (Å²) in [5.41, 5.74) is 2.15. The van der Waals surface area contributed by atoms with Crippen LogP contribution in [0, 0.1) is 5.82 Å². The maximum absolute atomic E-state index is 13.6. The van der Waals surface area contributed by atoms with E-state index in [4.69, 9.17) is 4.74 Å². The van der Waals surface area contributed by atoms with Crippen LogP contribution < -0.4 is 10.1 Å². The number of hydrogen-bond acceptors (Lipinski definition) is 3. The second-order valence-electron chi connectivity index (χ2n) is 4.68. The summed E-state index contributed by atoms with van der Waals surface area (Å²) in [6.07, 6.45) is 4.50. The number of ether oxygens (including phenoxy) is 1. The topological polar surface area (TPSA) is 34.1 Å². The Morgan fingerprint density at radius 3 is 2.65 bits per heavy atom. The third-order valence-electron chi connectivity index (χ3n) is 3.29. The van der Waals surface area contributed by atoms with Crippen molar-refractivity contribution in [3.05, 3.63) is 59.7 Å². The Morgan fingerprint density at radius 1 is 1.25 bits per heavy atom. The monoisotopic (exact) mass is 274 g/mol. The first-order valence-corrected chi connectivity index (χ1v) is 6.66. The number of methoxy groups -OCH3 is 1. The first kappa shape index (κ1) is 14.5. The molecule has 106 valence electrons. The molecule has 0 aliphatic rings. The number of benzene rings is 1. The summed E-state index contributed by atoms with van der Waals surface area (Å²) in [6, 6.07) is 9.15. The minimum Gasteiger partial charge on any atom is -0.494 e. The lowest BCUT2D eigenvalue weighted by atomic mass is 10.1. The van der Waals surface area contributed by atoms with Gasteiger partial charge in [0.15, 0.2) is 11.6 Å². The van der Waals surface area contributed by atoms with Gasteiger partial charge in [-0.15, -0.1) is 0 Å². The number of nitrogens with zero attached hydrogens (tertiary/aromatic N) is 1. The Morgan fingerprint density at radius 2 is 2.00 bits per heavy atom. The van der Waals surface area contributed by atoms with Gasteiger partial charge in [-0.1, -0.05) is 6.07 Å². The zero-order valence-electron chi connectivity index (χ0n) is 11.8. The van der Waals surface area contributed by atoms with E-state index in [0.717, 1.165) is 18.5 Å². The van der Waals surface area contributed by atoms with Gasteiger partial charge in [-0.05, 0) is 55.3 Å². The van der Waals surface area contributed by atoms with Gasteiger partial charge in [0, 0.05) is 18.4 Å². The van der Waals surface area contributed by atoms with Crippen LogP contribution in [0.4, 0.5) is 4.39 Å². The molecule has 3 nitrogen and oxygen atoms in total. The van der Waals surface area contributed by atoms with Crippen molar-refractivity contribution in [2.45, 2.75) is 19.4 Å². The molecule has 0 bridgehead atoms. The van der Waals surface area contributed by atoms with Crippen molar-refractivity contribution >= 4 is 0 Å². The zero-order chi connectivity index (χ0) is 14.4. The van der Waals surface area contributed by atoms with Crippen LogP contribution in [-0.2, 0) is 6.42 Å². The first-order chi connectivity index (χ1) is 9.70. The quantitative estimate of drug-likeness (QED) is 0.878. The Hall–Kier alpha value is -1.94. The Bertz CT molecular complexity index is 545. The minimum atomic E-state index is -0.326. The molecule has 1 aromatic carbocycles. The second kappa shape index (κ2) is 7.01. The molecule has 4 heteroatoms. The van der Waals surface area contributed by atoms with Crippen molar-refractivity contribution in [1.82, 2.24) is 10.3 Å². The predicted octanol–water partition coefficient (Wildman–Crippen LogP) is 3.12. The molecule has 2 aromatic rings. The molecule has 0 radical (unpaired) electrons. The van der Waals surface area contributed by atoms with Crippen LogP contribution in [0.2, 0.25) is 0 Å². The number of halogens is 1. The van der Waals surface area contributed by atoms with Crippen LogP contribution in [0.5, 0.6) is 5.75 Å². The van der Waals surface area contributed by atoms with E-state index in [0.29, 0.717) is 0 Å². The Balaban J connectivity index is 1.88. The van der Waals surface area contributed by atoms with Crippen LogP contribution in [0.1, 0.15) is 24.1 Å². The summed E-state index contributed by atoms with van der Waals surface area (Å²) in [5, 5.41) is 3.38. The normalized spacial score (nSPS) is 12.2. The van der Waals surface area contributed by atoms with E-state index in [2.05, 4.69) is 10.3 Å². The molecule has 1 atom stereocenters. The zero-order valence-corrected chi connectivity index (χ0v) is 11.8. The van der Waals surface area contributed by atoms with Crippen molar-refractivity contribution in [1.29, 1.82) is 0 Å². The fraction of sp³-hybridized carbons (Fsp3) is 0.312. The van der Waals surface area contributed by atoms with Gasteiger partial charge in [0.25, 0.3) is 0 Å². The van der Waals surface area contributed by atoms with E-state index in [9.17, 15) is 4.39 Å². The molecular weight excluding hydrogens is 255 g/mol. The molecule has 20 heavy (non-hydrogen) atoms. The Kier molecular flexibility index (Phi) is 5.07. The van der Waals surface area contributed by atoms with Gasteiger partial charge in [0.05, 0.1) is 7.11 Å². The molecule has 0 aliphatic carbocycles. The third-order valence-corrected chi connectivity index (χ3v) is 3.29. The van der Waals surface area contributed by atoms with Gasteiger partial charge in [-0.2, -0.15) is 0 Å². The highest BCUT2D eigenvalue weighted by Crippen LogP contribution is 2.21. The third kappa shape index (κ3) is 3.78. The van der Waals surface area contributed by atoms with Gasteiger partial charge in [0.2, 0.25) is 0 Å². The molecule has 2 rings (SSSR count). The van der Waals surface area contributed by atoms with Crippen molar-refractivity contribution in [2.75, 3.05) is 13.7 Å². The van der Waals surface area contributed by atoms with Gasteiger partial charge in [-0.3, -0.25) is 4.98 Å². The predicted molar refractivity (Wildman–Crippen MR) is 77.3 cm³/mol. The molecule has 1 unspecified atom stereocenters. The van der Waals surface area contributed by atoms with Gasteiger partial charge < -0.3 is 10.1 Å². The number of hydrogen-bond donors (Lipinski definition) is 1. The van der Waals surface area contributed by atoms with Crippen LogP contribution >= 0.6 is 0 Å². The minimum absolute atomic E-state index is 0.0947. The lowest BCUT2D eigenvalue weighted by Gasteiger charge is -2.15. The fourth-order valence-corrected chi connectivity index (χ4v) is 2.05. The molecular formula is C16H19FN2O. The van der Waals surface area contributed by atoms with E-state index >= 15 is 0 Å². The number of rotatable bonds is 6. The van der Waals surface area contributed by atoms with E-state index < -0.39 is 0 Å². The lowest BCUT2D eigenvalue weighted by molar-refractivity contribution is 0.385. The lowest BCUT2D eigenvalue weighted by Crippen LogP contribution is -2.21. The van der Waals surface area contributed by atoms with Crippen LogP contribution in [-0.4, -0.2) is 18.6 Å². The molecule has 0 saturated heterocycles. The summed E-state index contributed by atoms with van der Waals surface area (Å²) in [5.74, 6) is -0.0504. The maximum Gasteiger partial charge on any atom is 0.165 e. The van der Waals surface area contributed by atoms with Crippen LogP contribution in [0.3, 0.4) is 0 Å². The molecule has 0 amide bonds. The highest BCUT2D eigenvalue weighted by Gasteiger charge is 2.09. The standard InChI is InChI=1S/C16H19FN2O/c1-12(14-3-4-16(20-2)15(17)11-14)19-10-7-13-5-8-18-9-6-13/h3-6,8-9,11-12,19H,7,10H2,1-2H3. The summed E-state index contributed by atoms with van der Waals surface area (Å²) in [6.45, 7) is 2.85. The molecule has 1 aromatic heterocycles. The fourth-order valence-electron chi connectivity index (χ4n) is 2.05. The van der Waals surface area contributed by atoms with E-state index in [-0.39, 0.29) is 17.6 Å². The summed E-state index contributed by atoms with van der Waals surface area (Å²) in [4.78, 5) is 3.99. The average Bonchev–Trinajstić information content (AvgIpc) is 2.48. The summed E-state index contributed by atoms with van der Waals surface area (Å²) < 4.78 is 18.6. The maximum atomic E-state index is 13.6. The molecule has 0 spiro atoms. The number of pyridine rings is 1. The van der Waals surface area contributed by atoms with Crippen LogP contribution in [0.25, 0.3) is 0 Å². The molecule has 0 aliphatic heterocycles. The van der Waals surface area contributed by atoms with E-state index in [1.54, 1.807) is 18.5 Å². The number of nitrogens with one attached hydrogen (secondary N) is 1. The molecule has 1 N–H and O–H groups in total. The molecule has 1 heterocycles. The number of aromatic nitrogens is 1. The first-order valence-electron chi connectivity index (χ1n) is 6.66. The molecule has 0 saturated carbocycles.